The molecule has 21 rings (SSSR count). The van der Waals surface area contributed by atoms with Gasteiger partial charge in [-0.25, -0.2) is 0 Å². The number of benzene rings is 16. The Hall–Kier alpha value is -14.3. The fraction of sp³-hybridized carbons (Fsp3) is 0.0370. The summed E-state index contributed by atoms with van der Waals surface area (Å²) in [6, 6.07) is 154. The maximum atomic E-state index is 2.57. The molecule has 0 radical (unpaired) electrons. The van der Waals surface area contributed by atoms with Crippen molar-refractivity contribution >= 4 is 43.6 Å². The van der Waals surface area contributed by atoms with Gasteiger partial charge in [0.2, 0.25) is 0 Å². The molecule has 0 spiro atoms. The van der Waals surface area contributed by atoms with Crippen molar-refractivity contribution in [1.82, 2.24) is 18.3 Å². The molecule has 0 aliphatic heterocycles. The summed E-state index contributed by atoms with van der Waals surface area (Å²) in [6.07, 6.45) is 2.63. The van der Waals surface area contributed by atoms with Crippen LogP contribution in [0.2, 0.25) is 0 Å². The zero-order chi connectivity index (χ0) is 74.0. The average Bonchev–Trinajstić information content (AvgIpc) is 1.60. The summed E-state index contributed by atoms with van der Waals surface area (Å²) in [5.74, 6) is 0. The summed E-state index contributed by atoms with van der Waals surface area (Å²) in [7, 11) is 0. The van der Waals surface area contributed by atoms with Crippen LogP contribution in [0.5, 0.6) is 0 Å². The lowest BCUT2D eigenvalue weighted by molar-refractivity contribution is 1.04. The van der Waals surface area contributed by atoms with E-state index in [2.05, 4.69) is 431 Å². The molecule has 0 unspecified atom stereocenters. The highest BCUT2D eigenvalue weighted by Gasteiger charge is 2.28. The molecule has 0 amide bonds. The lowest BCUT2D eigenvalue weighted by Crippen LogP contribution is -2.06. The van der Waals surface area contributed by atoms with Crippen molar-refractivity contribution in [2.75, 3.05) is 0 Å². The van der Waals surface area contributed by atoms with E-state index in [-0.39, 0.29) is 0 Å². The number of para-hydroxylation sites is 4. The van der Waals surface area contributed by atoms with Gasteiger partial charge in [-0.15, -0.1) is 0 Å². The molecular formula is C108H76N4. The van der Waals surface area contributed by atoms with Crippen LogP contribution in [-0.2, 0) is 25.7 Å². The smallest absolute Gasteiger partial charge is 0.0619 e. The molecule has 8 bridgehead atoms. The van der Waals surface area contributed by atoms with Crippen LogP contribution in [0, 0.1) is 0 Å². The zero-order valence-electron chi connectivity index (χ0n) is 61.9. The van der Waals surface area contributed by atoms with Crippen LogP contribution in [0.1, 0.15) is 44.5 Å². The Morgan fingerprint density at radius 1 is 0.143 bits per heavy atom. The van der Waals surface area contributed by atoms with Crippen LogP contribution < -0.4 is 0 Å². The van der Waals surface area contributed by atoms with Crippen LogP contribution in [0.15, 0.2) is 413 Å². The van der Waals surface area contributed by atoms with Crippen molar-refractivity contribution in [3.63, 3.8) is 0 Å². The fourth-order valence-electron chi connectivity index (χ4n) is 18.3. The van der Waals surface area contributed by atoms with Crippen molar-refractivity contribution in [2.45, 2.75) is 25.7 Å². The largest absolute Gasteiger partial charge is 0.309 e. The predicted octanol–water partition coefficient (Wildman–Crippen LogP) is 27.5. The van der Waals surface area contributed by atoms with Gasteiger partial charge < -0.3 is 18.3 Å². The van der Waals surface area contributed by atoms with E-state index in [1.165, 1.54) is 111 Å². The molecule has 1 aliphatic carbocycles. The molecule has 16 aromatic carbocycles. The summed E-state index contributed by atoms with van der Waals surface area (Å²) >= 11 is 0. The highest BCUT2D eigenvalue weighted by Crippen LogP contribution is 2.49. The van der Waals surface area contributed by atoms with Crippen LogP contribution in [0.3, 0.4) is 0 Å². The van der Waals surface area contributed by atoms with E-state index in [4.69, 9.17) is 0 Å². The monoisotopic (exact) mass is 1430 g/mol. The Kier molecular flexibility index (Phi) is 16.5. The van der Waals surface area contributed by atoms with Crippen LogP contribution >= 0.6 is 0 Å². The maximum absolute atomic E-state index is 2.57. The van der Waals surface area contributed by atoms with Gasteiger partial charge in [0.25, 0.3) is 0 Å². The van der Waals surface area contributed by atoms with Crippen molar-refractivity contribution < 1.29 is 0 Å². The topological polar surface area (TPSA) is 19.7 Å². The molecule has 0 N–H and O–H groups in total. The quantitative estimate of drug-likeness (QED) is 0.116. The Morgan fingerprint density at radius 3 is 0.473 bits per heavy atom. The first-order chi connectivity index (χ1) is 55.5. The maximum Gasteiger partial charge on any atom is 0.0619 e. The Labute approximate surface area is 652 Å². The number of nitrogens with zero attached hydrogens (tertiary/aromatic N) is 4. The number of hydrogen-bond donors (Lipinski definition) is 0. The van der Waals surface area contributed by atoms with Crippen molar-refractivity contribution in [1.29, 1.82) is 0 Å². The first-order valence-corrected chi connectivity index (χ1v) is 39.0. The van der Waals surface area contributed by atoms with E-state index in [0.717, 1.165) is 89.8 Å². The minimum absolute atomic E-state index is 0.658. The molecule has 528 valence electrons. The van der Waals surface area contributed by atoms with E-state index in [1.807, 2.05) is 0 Å². The van der Waals surface area contributed by atoms with E-state index >= 15 is 0 Å². The summed E-state index contributed by atoms with van der Waals surface area (Å²) < 4.78 is 10.3. The first-order valence-electron chi connectivity index (χ1n) is 39.0. The molecular weight excluding hydrogens is 1350 g/mol. The molecule has 4 heterocycles. The first kappa shape index (κ1) is 65.9. The van der Waals surface area contributed by atoms with Crippen molar-refractivity contribution in [3.8, 4) is 112 Å². The Balaban J connectivity index is 0.855. The average molecular weight is 1430 g/mol. The van der Waals surface area contributed by atoms with Crippen LogP contribution in [0.25, 0.3) is 156 Å². The highest BCUT2D eigenvalue weighted by atomic mass is 15.0. The summed E-state index contributed by atoms with van der Waals surface area (Å²) in [5, 5.41) is 4.83. The van der Waals surface area contributed by atoms with Gasteiger partial charge >= 0.3 is 0 Å². The van der Waals surface area contributed by atoms with Crippen LogP contribution in [0.4, 0.5) is 0 Å². The molecule has 0 atom stereocenters. The van der Waals surface area contributed by atoms with Gasteiger partial charge in [-0.2, -0.15) is 0 Å². The third-order valence-corrected chi connectivity index (χ3v) is 22.8. The summed E-state index contributed by atoms with van der Waals surface area (Å²) in [5.41, 5.74) is 37.8. The van der Waals surface area contributed by atoms with Gasteiger partial charge in [0.05, 0.1) is 44.8 Å². The van der Waals surface area contributed by atoms with Crippen molar-refractivity contribution in [3.05, 3.63) is 457 Å². The predicted molar refractivity (Wildman–Crippen MR) is 468 cm³/mol. The Bertz CT molecular complexity index is 6010. The number of aromatic nitrogens is 4. The molecule has 0 fully saturated rings. The van der Waals surface area contributed by atoms with Gasteiger partial charge in [-0.3, -0.25) is 0 Å². The van der Waals surface area contributed by atoms with E-state index in [1.54, 1.807) is 0 Å². The third-order valence-electron chi connectivity index (χ3n) is 22.8. The highest BCUT2D eigenvalue weighted by molar-refractivity contribution is 6.10. The second kappa shape index (κ2) is 28.0. The second-order valence-electron chi connectivity index (χ2n) is 30.0. The number of fused-ring (bicyclic) bond motifs is 12. The van der Waals surface area contributed by atoms with Gasteiger partial charge in [-0.05, 0) is 187 Å². The van der Waals surface area contributed by atoms with Gasteiger partial charge in [0.1, 0.15) is 0 Å². The van der Waals surface area contributed by atoms with E-state index in [0.29, 0.717) is 25.7 Å². The Morgan fingerprint density at radius 2 is 0.295 bits per heavy atom. The minimum atomic E-state index is 0.658. The third kappa shape index (κ3) is 11.8. The van der Waals surface area contributed by atoms with Crippen molar-refractivity contribution in [2.24, 2.45) is 0 Å². The molecule has 0 saturated carbocycles. The fourth-order valence-corrected chi connectivity index (χ4v) is 18.3. The van der Waals surface area contributed by atoms with Gasteiger partial charge in [-0.1, -0.05) is 340 Å². The molecule has 112 heavy (non-hydrogen) atoms. The number of rotatable bonds is 12. The standard InChI is InChI=1S/C108H76N4/c1-9-33-81(34-10-1)101-93-49-25-29-53-97(93)109(105(101)85-41-17-5-18-42-85)89-65-73-57-74(66-89)62-76-59-78(70-91(68-76)111-99-55-31-27-51-95(99)103(83-37-13-3-14-38-83)107(111)87-45-21-7-22-46-87)64-80-60-79(71-92(72-80)112-100-56-32-28-52-96(100)104(84-39-15-4-16-40-84)108(112)88-47-23-8-24-48-88)63-77-58-75(61-73)67-90(69-77)110-98-54-30-26-50-94(98)102(82-35-11-2-12-36-82)106(110)86-43-19-6-20-44-86/h1-60,65-72H,61-64H2. The summed E-state index contributed by atoms with van der Waals surface area (Å²) in [4.78, 5) is 0. The summed E-state index contributed by atoms with van der Waals surface area (Å²) in [6.45, 7) is 0. The molecule has 4 aromatic heterocycles. The molecule has 1 aliphatic rings. The van der Waals surface area contributed by atoms with Gasteiger partial charge in [0, 0.05) is 66.5 Å². The lowest BCUT2D eigenvalue weighted by Gasteiger charge is -2.20. The lowest BCUT2D eigenvalue weighted by atomic mass is 9.92. The second-order valence-corrected chi connectivity index (χ2v) is 30.0. The molecule has 4 heteroatoms. The molecule has 20 aromatic rings. The SMILES string of the molecule is c1ccc(-c2c(-c3ccccc3)n(-c3cc4cc(c3)Cc3cc(cc(-n5c(-c6ccccc6)c(-c6ccccc6)c6ccccc65)c3)Cc3cc(cc(-n5c(-c6ccccc6)c(-c6ccccc6)c6ccccc65)c3)Cc3cc(cc(-n5c(-c6ccccc6)c(-c6ccccc6)c6ccccc65)c3)C4)c3ccccc23)cc1. The number of hydrogen-bond acceptors (Lipinski definition) is 0. The van der Waals surface area contributed by atoms with E-state index < -0.39 is 0 Å². The molecule has 4 nitrogen and oxygen atoms in total. The van der Waals surface area contributed by atoms with Crippen LogP contribution in [-0.4, -0.2) is 18.3 Å². The van der Waals surface area contributed by atoms with Gasteiger partial charge in [0.15, 0.2) is 0 Å². The zero-order valence-corrected chi connectivity index (χ0v) is 61.9. The van der Waals surface area contributed by atoms with E-state index in [9.17, 15) is 0 Å². The molecule has 0 saturated heterocycles. The normalized spacial score (nSPS) is 12.1. The minimum Gasteiger partial charge on any atom is -0.309 e.